The lowest BCUT2D eigenvalue weighted by atomic mass is 9.96. The van der Waals surface area contributed by atoms with Gasteiger partial charge in [0, 0.05) is 14.8 Å². The number of hydrogen-bond acceptors (Lipinski definition) is 2. The van der Waals surface area contributed by atoms with Crippen molar-refractivity contribution in [2.45, 2.75) is 29.1 Å². The van der Waals surface area contributed by atoms with E-state index in [1.807, 2.05) is 12.1 Å². The number of carboxylic acid groups (broad SMARTS) is 1. The van der Waals surface area contributed by atoms with Crippen LogP contribution in [0.4, 0.5) is 0 Å². The monoisotopic (exact) mass is 320 g/mol. The van der Waals surface area contributed by atoms with Gasteiger partial charge in [0.05, 0.1) is 16.7 Å². The number of benzene rings is 2. The van der Waals surface area contributed by atoms with Gasteiger partial charge >= 0.3 is 5.97 Å². The normalized spacial score (nSPS) is 17.7. The van der Waals surface area contributed by atoms with E-state index >= 15 is 0 Å². The Morgan fingerprint density at radius 2 is 1.81 bits per heavy atom. The van der Waals surface area contributed by atoms with E-state index in [9.17, 15) is 9.00 Å². The van der Waals surface area contributed by atoms with Gasteiger partial charge in [-0.25, -0.2) is 4.21 Å². The predicted molar refractivity (Wildman–Crippen MR) is 81.4 cm³/mol. The van der Waals surface area contributed by atoms with Gasteiger partial charge in [-0.3, -0.25) is 4.79 Å². The van der Waals surface area contributed by atoms with Crippen molar-refractivity contribution in [3.05, 3.63) is 58.1 Å². The number of rotatable bonds is 2. The molecular weight excluding hydrogens is 308 g/mol. The second-order valence-corrected chi connectivity index (χ2v) is 6.98. The summed E-state index contributed by atoms with van der Waals surface area (Å²) in [7, 11) is -1.24. The number of aliphatic carboxylic acids is 1. The fourth-order valence-electron chi connectivity index (χ4n) is 2.52. The second-order valence-electron chi connectivity index (χ2n) is 5.12. The fourth-order valence-corrected chi connectivity index (χ4v) is 4.07. The number of carboxylic acids is 1. The van der Waals surface area contributed by atoms with E-state index in [4.69, 9.17) is 16.7 Å². The number of hydrogen-bond donors (Lipinski definition) is 1. The van der Waals surface area contributed by atoms with Gasteiger partial charge in [-0.05, 0) is 54.3 Å². The Morgan fingerprint density at radius 1 is 1.19 bits per heavy atom. The second kappa shape index (κ2) is 5.28. The zero-order valence-corrected chi connectivity index (χ0v) is 12.9. The van der Waals surface area contributed by atoms with E-state index < -0.39 is 22.7 Å². The van der Waals surface area contributed by atoms with Crippen molar-refractivity contribution >= 4 is 28.4 Å². The van der Waals surface area contributed by atoms with Crippen LogP contribution in [0.3, 0.4) is 0 Å². The van der Waals surface area contributed by atoms with E-state index in [0.717, 1.165) is 26.5 Å². The molecule has 5 heteroatoms. The van der Waals surface area contributed by atoms with E-state index in [-0.39, 0.29) is 0 Å². The maximum absolute atomic E-state index is 12.6. The largest absolute Gasteiger partial charge is 0.481 e. The summed E-state index contributed by atoms with van der Waals surface area (Å²) in [5, 5.41) is 9.72. The molecule has 3 nitrogen and oxygen atoms in total. The Labute approximate surface area is 130 Å². The van der Waals surface area contributed by atoms with Crippen molar-refractivity contribution in [3.63, 3.8) is 0 Å². The molecule has 0 amide bonds. The van der Waals surface area contributed by atoms with Gasteiger partial charge < -0.3 is 5.11 Å². The van der Waals surface area contributed by atoms with Gasteiger partial charge in [0.2, 0.25) is 0 Å². The molecular formula is C16H13ClO3S. The molecule has 21 heavy (non-hydrogen) atoms. The standard InChI is InChI=1S/C16H13ClO3S/c1-9(16(18)19)10-2-4-14-11(6-10)7-12-8-13(17)3-5-15(12)21(14)20/h2-6,8-9H,7H2,1H3,(H,18,19). The molecule has 0 fully saturated rings. The molecule has 0 bridgehead atoms. The third-order valence-electron chi connectivity index (χ3n) is 3.76. The summed E-state index contributed by atoms with van der Waals surface area (Å²) in [4.78, 5) is 12.6. The van der Waals surface area contributed by atoms with E-state index in [1.165, 1.54) is 0 Å². The summed E-state index contributed by atoms with van der Waals surface area (Å²) in [6.07, 6.45) is 0.622. The molecule has 2 aromatic rings. The molecule has 1 heterocycles. The van der Waals surface area contributed by atoms with Gasteiger partial charge in [-0.15, -0.1) is 0 Å². The Kier molecular flexibility index (Phi) is 3.59. The zero-order valence-electron chi connectivity index (χ0n) is 11.3. The predicted octanol–water partition coefficient (Wildman–Crippen LogP) is 3.60. The van der Waals surface area contributed by atoms with Crippen LogP contribution in [0, 0.1) is 0 Å². The molecule has 0 saturated carbocycles. The van der Waals surface area contributed by atoms with Crippen molar-refractivity contribution in [1.82, 2.24) is 0 Å². The highest BCUT2D eigenvalue weighted by Gasteiger charge is 2.24. The first-order valence-corrected chi connectivity index (χ1v) is 8.06. The van der Waals surface area contributed by atoms with Crippen molar-refractivity contribution in [3.8, 4) is 0 Å². The zero-order chi connectivity index (χ0) is 15.1. The molecule has 1 aliphatic heterocycles. The summed E-state index contributed by atoms with van der Waals surface area (Å²) < 4.78 is 12.6. The molecule has 1 N–H and O–H groups in total. The van der Waals surface area contributed by atoms with Crippen LogP contribution in [-0.4, -0.2) is 15.3 Å². The Balaban J connectivity index is 2.08. The molecule has 0 aliphatic carbocycles. The Hall–Kier alpha value is -1.65. The SMILES string of the molecule is CC(C(=O)O)c1ccc2c(c1)Cc1cc(Cl)ccc1S2=O. The van der Waals surface area contributed by atoms with Crippen molar-refractivity contribution in [2.75, 3.05) is 0 Å². The average Bonchev–Trinajstić information content (AvgIpc) is 2.45. The topological polar surface area (TPSA) is 54.4 Å². The van der Waals surface area contributed by atoms with Crippen LogP contribution in [0.15, 0.2) is 46.2 Å². The highest BCUT2D eigenvalue weighted by Crippen LogP contribution is 2.34. The third-order valence-corrected chi connectivity index (χ3v) is 5.59. The molecule has 2 aromatic carbocycles. The lowest BCUT2D eigenvalue weighted by Crippen LogP contribution is -2.12. The van der Waals surface area contributed by atoms with Gasteiger partial charge in [-0.1, -0.05) is 23.7 Å². The summed E-state index contributed by atoms with van der Waals surface area (Å²) in [6.45, 7) is 1.65. The summed E-state index contributed by atoms with van der Waals surface area (Å²) in [6, 6.07) is 10.7. The molecule has 0 aromatic heterocycles. The number of fused-ring (bicyclic) bond motifs is 2. The van der Waals surface area contributed by atoms with Crippen LogP contribution in [0.2, 0.25) is 5.02 Å². The van der Waals surface area contributed by atoms with Crippen molar-refractivity contribution in [1.29, 1.82) is 0 Å². The van der Waals surface area contributed by atoms with Crippen LogP contribution in [0.5, 0.6) is 0 Å². The van der Waals surface area contributed by atoms with Crippen LogP contribution in [0.1, 0.15) is 29.5 Å². The first-order valence-electron chi connectivity index (χ1n) is 6.53. The third kappa shape index (κ3) is 2.49. The molecule has 108 valence electrons. The van der Waals surface area contributed by atoms with Crippen LogP contribution < -0.4 is 0 Å². The highest BCUT2D eigenvalue weighted by atomic mass is 35.5. The van der Waals surface area contributed by atoms with E-state index in [2.05, 4.69) is 0 Å². The van der Waals surface area contributed by atoms with E-state index in [0.29, 0.717) is 11.4 Å². The molecule has 2 atom stereocenters. The van der Waals surface area contributed by atoms with Gasteiger partial charge in [0.25, 0.3) is 0 Å². The molecule has 0 saturated heterocycles. The lowest BCUT2D eigenvalue weighted by Gasteiger charge is -2.20. The minimum atomic E-state index is -1.24. The quantitative estimate of drug-likeness (QED) is 0.785. The van der Waals surface area contributed by atoms with Crippen LogP contribution in [0.25, 0.3) is 0 Å². The molecule has 2 unspecified atom stereocenters. The smallest absolute Gasteiger partial charge is 0.310 e. The minimum Gasteiger partial charge on any atom is -0.481 e. The lowest BCUT2D eigenvalue weighted by molar-refractivity contribution is -0.138. The molecule has 0 radical (unpaired) electrons. The minimum absolute atomic E-state index is 0.579. The van der Waals surface area contributed by atoms with Crippen LogP contribution in [-0.2, 0) is 22.0 Å². The van der Waals surface area contributed by atoms with Gasteiger partial charge in [0.1, 0.15) is 0 Å². The molecule has 1 aliphatic rings. The average molecular weight is 321 g/mol. The van der Waals surface area contributed by atoms with E-state index in [1.54, 1.807) is 31.2 Å². The maximum atomic E-state index is 12.6. The molecule has 3 rings (SSSR count). The first-order chi connectivity index (χ1) is 9.97. The maximum Gasteiger partial charge on any atom is 0.310 e. The first kappa shape index (κ1) is 14.3. The van der Waals surface area contributed by atoms with Gasteiger partial charge in [-0.2, -0.15) is 0 Å². The summed E-state index contributed by atoms with van der Waals surface area (Å²) in [5.74, 6) is -1.44. The number of halogens is 1. The van der Waals surface area contributed by atoms with Gasteiger partial charge in [0.15, 0.2) is 0 Å². The fraction of sp³-hybridized carbons (Fsp3) is 0.188. The van der Waals surface area contributed by atoms with Crippen molar-refractivity contribution < 1.29 is 14.1 Å². The highest BCUT2D eigenvalue weighted by molar-refractivity contribution is 7.85. The summed E-state index contributed by atoms with van der Waals surface area (Å²) >= 11 is 6.00. The Morgan fingerprint density at radius 3 is 2.48 bits per heavy atom. The number of carbonyl (C=O) groups is 1. The summed E-state index contributed by atoms with van der Waals surface area (Å²) in [5.41, 5.74) is 2.57. The van der Waals surface area contributed by atoms with Crippen molar-refractivity contribution in [2.24, 2.45) is 0 Å². The Bertz CT molecular complexity index is 770. The molecule has 0 spiro atoms. The van der Waals surface area contributed by atoms with Crippen LogP contribution >= 0.6 is 11.6 Å².